The van der Waals surface area contributed by atoms with Crippen molar-refractivity contribution in [2.75, 3.05) is 0 Å². The highest BCUT2D eigenvalue weighted by Gasteiger charge is 2.72. The van der Waals surface area contributed by atoms with Crippen LogP contribution >= 0.6 is 0 Å². The summed E-state index contributed by atoms with van der Waals surface area (Å²) in [6, 6.07) is 0. The molecule has 1 heterocycles. The molecule has 2 nitrogen and oxygen atoms in total. The molecule has 0 aromatic carbocycles. The zero-order valence-corrected chi connectivity index (χ0v) is 24.0. The summed E-state index contributed by atoms with van der Waals surface area (Å²) in [5.74, 6) is 0. The topological polar surface area (TPSA) is 18.5 Å². The molecule has 0 aromatic rings. The SMILES string of the molecule is C=CCC(C)(C)[C@]1(CCCC)O[Si](C(C)(C)C)(C(C)(C)C)O[C@H]1C1=CCCC[C@]1(C)C=C. The summed E-state index contributed by atoms with van der Waals surface area (Å²) in [6.07, 6.45) is 14.3. The van der Waals surface area contributed by atoms with Crippen LogP contribution in [0.4, 0.5) is 0 Å². The Kier molecular flexibility index (Phi) is 7.93. The molecule has 0 saturated carbocycles. The first-order valence-corrected chi connectivity index (χ1v) is 14.7. The fraction of sp³-hybridized carbons (Fsp3) is 0.793. The highest BCUT2D eigenvalue weighted by atomic mass is 28.4. The van der Waals surface area contributed by atoms with Gasteiger partial charge in [0, 0.05) is 15.5 Å². The van der Waals surface area contributed by atoms with Gasteiger partial charge in [-0.25, -0.2) is 0 Å². The average Bonchev–Trinajstić information content (AvgIpc) is 3.05. The van der Waals surface area contributed by atoms with E-state index in [1.54, 1.807) is 0 Å². The Balaban J connectivity index is 2.87. The molecule has 1 fully saturated rings. The average molecular weight is 461 g/mol. The molecule has 0 unspecified atom stereocenters. The molecular weight excluding hydrogens is 408 g/mol. The molecule has 1 saturated heterocycles. The molecule has 0 aromatic heterocycles. The molecule has 2 aliphatic rings. The minimum absolute atomic E-state index is 0.0441. The zero-order valence-electron chi connectivity index (χ0n) is 23.0. The minimum atomic E-state index is -2.69. The molecule has 0 radical (unpaired) electrons. The lowest BCUT2D eigenvalue weighted by molar-refractivity contribution is -0.0688. The van der Waals surface area contributed by atoms with Crippen LogP contribution in [0.3, 0.4) is 0 Å². The lowest BCUT2D eigenvalue weighted by atomic mass is 9.61. The zero-order chi connectivity index (χ0) is 24.6. The predicted molar refractivity (Wildman–Crippen MR) is 142 cm³/mol. The van der Waals surface area contributed by atoms with Gasteiger partial charge in [-0.1, -0.05) is 100 Å². The molecule has 0 amide bonds. The van der Waals surface area contributed by atoms with Crippen LogP contribution in [0.15, 0.2) is 37.0 Å². The third kappa shape index (κ3) is 4.39. The monoisotopic (exact) mass is 460 g/mol. The van der Waals surface area contributed by atoms with Crippen molar-refractivity contribution >= 4 is 8.56 Å². The molecule has 184 valence electrons. The van der Waals surface area contributed by atoms with Gasteiger partial charge in [-0.05, 0) is 43.1 Å². The van der Waals surface area contributed by atoms with Gasteiger partial charge in [0.25, 0.3) is 0 Å². The van der Waals surface area contributed by atoms with Gasteiger partial charge in [0.05, 0.1) is 11.7 Å². The number of unbranched alkanes of at least 4 members (excludes halogenated alkanes) is 1. The Morgan fingerprint density at radius 3 is 2.16 bits per heavy atom. The van der Waals surface area contributed by atoms with Gasteiger partial charge in [-0.2, -0.15) is 0 Å². The smallest absolute Gasteiger partial charge is 0.350 e. The summed E-state index contributed by atoms with van der Waals surface area (Å²) >= 11 is 0. The molecule has 0 N–H and O–H groups in total. The van der Waals surface area contributed by atoms with E-state index in [2.05, 4.69) is 101 Å². The summed E-state index contributed by atoms with van der Waals surface area (Å²) in [5.41, 5.74) is 0.890. The van der Waals surface area contributed by atoms with E-state index in [0.717, 1.165) is 38.5 Å². The lowest BCUT2D eigenvalue weighted by Crippen LogP contribution is -2.58. The van der Waals surface area contributed by atoms with Gasteiger partial charge in [0.15, 0.2) is 0 Å². The summed E-state index contributed by atoms with van der Waals surface area (Å²) in [7, 11) is -2.69. The first-order chi connectivity index (χ1) is 14.6. The molecular formula is C29H52O2Si. The second-order valence-electron chi connectivity index (χ2n) is 13.3. The molecule has 1 aliphatic carbocycles. The van der Waals surface area contributed by atoms with E-state index < -0.39 is 8.56 Å². The highest BCUT2D eigenvalue weighted by molar-refractivity contribution is 6.74. The summed E-state index contributed by atoms with van der Waals surface area (Å²) < 4.78 is 15.2. The number of hydrogen-bond acceptors (Lipinski definition) is 2. The first-order valence-electron chi connectivity index (χ1n) is 12.9. The quantitative estimate of drug-likeness (QED) is 0.265. The minimum Gasteiger partial charge on any atom is -0.384 e. The molecule has 0 bridgehead atoms. The van der Waals surface area contributed by atoms with E-state index in [1.807, 2.05) is 0 Å². The van der Waals surface area contributed by atoms with Crippen LogP contribution in [-0.4, -0.2) is 20.3 Å². The van der Waals surface area contributed by atoms with Crippen molar-refractivity contribution in [2.24, 2.45) is 10.8 Å². The number of allylic oxidation sites excluding steroid dienone is 3. The van der Waals surface area contributed by atoms with Gasteiger partial charge in [-0.15, -0.1) is 13.2 Å². The molecule has 3 heteroatoms. The van der Waals surface area contributed by atoms with E-state index in [-0.39, 0.29) is 32.6 Å². The Morgan fingerprint density at radius 2 is 1.69 bits per heavy atom. The maximum absolute atomic E-state index is 7.68. The second kappa shape index (κ2) is 9.19. The fourth-order valence-corrected chi connectivity index (χ4v) is 11.7. The van der Waals surface area contributed by atoms with Gasteiger partial charge in [0.1, 0.15) is 0 Å². The van der Waals surface area contributed by atoms with E-state index in [1.165, 1.54) is 12.0 Å². The predicted octanol–water partition coefficient (Wildman–Crippen LogP) is 9.28. The van der Waals surface area contributed by atoms with Crippen LogP contribution in [0, 0.1) is 10.8 Å². The van der Waals surface area contributed by atoms with Crippen molar-refractivity contribution in [3.05, 3.63) is 37.0 Å². The normalized spacial score (nSPS) is 31.3. The van der Waals surface area contributed by atoms with Gasteiger partial charge in [-0.3, -0.25) is 0 Å². The van der Waals surface area contributed by atoms with Crippen LogP contribution in [0.5, 0.6) is 0 Å². The van der Waals surface area contributed by atoms with Crippen LogP contribution in [-0.2, 0) is 8.85 Å². The van der Waals surface area contributed by atoms with E-state index in [0.29, 0.717) is 0 Å². The van der Waals surface area contributed by atoms with Gasteiger partial charge in [0.2, 0.25) is 0 Å². The molecule has 32 heavy (non-hydrogen) atoms. The molecule has 1 aliphatic heterocycles. The van der Waals surface area contributed by atoms with Gasteiger partial charge >= 0.3 is 8.56 Å². The van der Waals surface area contributed by atoms with E-state index >= 15 is 0 Å². The summed E-state index contributed by atoms with van der Waals surface area (Å²) in [4.78, 5) is 0. The van der Waals surface area contributed by atoms with Crippen LogP contribution < -0.4 is 0 Å². The van der Waals surface area contributed by atoms with Crippen LogP contribution in [0.1, 0.15) is 114 Å². The molecule has 2 rings (SSSR count). The Labute approximate surface area is 201 Å². The van der Waals surface area contributed by atoms with E-state index in [9.17, 15) is 0 Å². The summed E-state index contributed by atoms with van der Waals surface area (Å²) in [6.45, 7) is 31.8. The van der Waals surface area contributed by atoms with E-state index in [4.69, 9.17) is 8.85 Å². The Morgan fingerprint density at radius 1 is 1.09 bits per heavy atom. The Hall–Kier alpha value is -0.643. The maximum atomic E-state index is 7.68. The van der Waals surface area contributed by atoms with Crippen molar-refractivity contribution in [2.45, 2.75) is 136 Å². The first kappa shape index (κ1) is 27.6. The van der Waals surface area contributed by atoms with Crippen molar-refractivity contribution in [1.82, 2.24) is 0 Å². The van der Waals surface area contributed by atoms with Crippen LogP contribution in [0.25, 0.3) is 0 Å². The van der Waals surface area contributed by atoms with Crippen LogP contribution in [0.2, 0.25) is 10.1 Å². The fourth-order valence-electron chi connectivity index (χ4n) is 6.41. The third-order valence-corrected chi connectivity index (χ3v) is 13.5. The lowest BCUT2D eigenvalue weighted by Gasteiger charge is -2.51. The standard InChI is InChI=1S/C29H52O2Si/c1-13-16-22-29(27(10,11)20-14-2)24(23-19-17-18-21-28(23,12)15-3)30-32(31-29,25(4,5)6)26(7,8)9/h14-15,19,24H,2-3,13,16-18,20-22H2,1,4-12H3/t24-,28-,29+/m0/s1. The number of rotatable bonds is 8. The maximum Gasteiger partial charge on any atom is 0.350 e. The van der Waals surface area contributed by atoms with Crippen molar-refractivity contribution in [3.8, 4) is 0 Å². The highest BCUT2D eigenvalue weighted by Crippen LogP contribution is 2.65. The second-order valence-corrected chi connectivity index (χ2v) is 17.9. The molecule has 0 spiro atoms. The van der Waals surface area contributed by atoms with Gasteiger partial charge < -0.3 is 8.85 Å². The molecule has 3 atom stereocenters. The number of hydrogen-bond donors (Lipinski definition) is 0. The van der Waals surface area contributed by atoms with Crippen molar-refractivity contribution < 1.29 is 8.85 Å². The largest absolute Gasteiger partial charge is 0.384 e. The van der Waals surface area contributed by atoms with Crippen molar-refractivity contribution in [1.29, 1.82) is 0 Å². The third-order valence-electron chi connectivity index (χ3n) is 8.37. The Bertz CT molecular complexity index is 706. The summed E-state index contributed by atoms with van der Waals surface area (Å²) in [5, 5.41) is -0.108. The van der Waals surface area contributed by atoms with Crippen molar-refractivity contribution in [3.63, 3.8) is 0 Å².